The van der Waals surface area contributed by atoms with Gasteiger partial charge in [-0.25, -0.2) is 0 Å². The molecule has 0 saturated heterocycles. The monoisotopic (exact) mass is 366 g/mol. The molecule has 27 heavy (non-hydrogen) atoms. The van der Waals surface area contributed by atoms with E-state index in [1.165, 1.54) is 22.0 Å². The van der Waals surface area contributed by atoms with Crippen molar-refractivity contribution in [3.8, 4) is 11.5 Å². The summed E-state index contributed by atoms with van der Waals surface area (Å²) in [7, 11) is 3.18. The molecule has 3 rings (SSSR count). The van der Waals surface area contributed by atoms with Crippen LogP contribution in [0.2, 0.25) is 0 Å². The maximum atomic E-state index is 12.6. The molecule has 142 valence electrons. The van der Waals surface area contributed by atoms with Crippen LogP contribution in [0.1, 0.15) is 34.0 Å². The van der Waals surface area contributed by atoms with Crippen LogP contribution in [0, 0.1) is 6.92 Å². The Hall–Kier alpha value is -2.95. The molecule has 0 aliphatic carbocycles. The molecule has 0 fully saturated rings. The number of ether oxygens (including phenoxy) is 2. The third-order valence-corrected chi connectivity index (χ3v) is 4.96. The van der Waals surface area contributed by atoms with E-state index in [1.54, 1.807) is 26.4 Å². The first-order valence-corrected chi connectivity index (χ1v) is 9.17. The topological polar surface area (TPSA) is 63.4 Å². The average molecular weight is 366 g/mol. The van der Waals surface area contributed by atoms with Crippen LogP contribution in [0.25, 0.3) is 10.9 Å². The maximum Gasteiger partial charge on any atom is 0.251 e. The minimum absolute atomic E-state index is 0.138. The van der Waals surface area contributed by atoms with Gasteiger partial charge in [0.2, 0.25) is 0 Å². The van der Waals surface area contributed by atoms with Gasteiger partial charge in [0.25, 0.3) is 5.91 Å². The Morgan fingerprint density at radius 3 is 2.44 bits per heavy atom. The number of aromatic amines is 1. The number of nitrogens with one attached hydrogen (secondary N) is 2. The number of hydrogen-bond donors (Lipinski definition) is 2. The molecule has 0 aliphatic rings. The number of amides is 1. The molecule has 2 aromatic carbocycles. The number of carbonyl (C=O) groups is 1. The van der Waals surface area contributed by atoms with Gasteiger partial charge >= 0.3 is 0 Å². The van der Waals surface area contributed by atoms with Gasteiger partial charge in [-0.15, -0.1) is 0 Å². The average Bonchev–Trinajstić information content (AvgIpc) is 3.11. The first kappa shape index (κ1) is 18.8. The number of benzene rings is 2. The molecule has 0 aliphatic heterocycles. The number of aromatic nitrogens is 1. The van der Waals surface area contributed by atoms with Crippen molar-refractivity contribution in [1.82, 2.24) is 10.3 Å². The van der Waals surface area contributed by atoms with E-state index >= 15 is 0 Å². The molecule has 1 heterocycles. The molecule has 1 aromatic heterocycles. The van der Waals surface area contributed by atoms with E-state index in [0.717, 1.165) is 18.4 Å². The minimum Gasteiger partial charge on any atom is -0.496 e. The predicted molar refractivity (Wildman–Crippen MR) is 108 cm³/mol. The number of para-hydroxylation sites is 1. The predicted octanol–water partition coefficient (Wildman–Crippen LogP) is 4.03. The highest BCUT2D eigenvalue weighted by atomic mass is 16.5. The van der Waals surface area contributed by atoms with Gasteiger partial charge in [0.05, 0.1) is 14.2 Å². The molecule has 0 atom stereocenters. The van der Waals surface area contributed by atoms with Gasteiger partial charge in [0, 0.05) is 34.8 Å². The summed E-state index contributed by atoms with van der Waals surface area (Å²) in [5.74, 6) is 1.15. The molecular formula is C22H26N2O3. The standard InChI is InChI=1S/C22H26N2O3/c1-5-15-7-6-8-18-16(13-24-21(15)18)9-10-23-22(25)17-11-19(26-3)14(2)20(12-17)27-4/h6-8,11-13,24H,5,9-10H2,1-4H3,(H,23,25). The van der Waals surface area contributed by atoms with Crippen molar-refractivity contribution < 1.29 is 14.3 Å². The van der Waals surface area contributed by atoms with Crippen LogP contribution in [0.3, 0.4) is 0 Å². The second kappa shape index (κ2) is 8.16. The first-order valence-electron chi connectivity index (χ1n) is 9.17. The number of aryl methyl sites for hydroxylation is 1. The molecule has 0 spiro atoms. The van der Waals surface area contributed by atoms with Crippen molar-refractivity contribution in [2.24, 2.45) is 0 Å². The number of carbonyl (C=O) groups excluding carboxylic acids is 1. The SMILES string of the molecule is CCc1cccc2c(CCNC(=O)c3cc(OC)c(C)c(OC)c3)c[nH]c12. The van der Waals surface area contributed by atoms with Crippen molar-refractivity contribution >= 4 is 16.8 Å². The molecule has 0 saturated carbocycles. The lowest BCUT2D eigenvalue weighted by Crippen LogP contribution is -2.25. The number of hydrogen-bond acceptors (Lipinski definition) is 3. The Bertz CT molecular complexity index is 934. The summed E-state index contributed by atoms with van der Waals surface area (Å²) in [5.41, 5.74) is 5.11. The van der Waals surface area contributed by atoms with E-state index in [2.05, 4.69) is 35.4 Å². The highest BCUT2D eigenvalue weighted by Gasteiger charge is 2.14. The second-order valence-corrected chi connectivity index (χ2v) is 6.52. The Kier molecular flexibility index (Phi) is 5.69. The van der Waals surface area contributed by atoms with Crippen LogP contribution in [-0.4, -0.2) is 31.7 Å². The zero-order valence-corrected chi connectivity index (χ0v) is 16.3. The molecular weight excluding hydrogens is 340 g/mol. The van der Waals surface area contributed by atoms with E-state index in [0.29, 0.717) is 23.6 Å². The maximum absolute atomic E-state index is 12.6. The molecule has 0 bridgehead atoms. The fourth-order valence-corrected chi connectivity index (χ4v) is 3.41. The van der Waals surface area contributed by atoms with Gasteiger partial charge in [0.15, 0.2) is 0 Å². The van der Waals surface area contributed by atoms with Crippen LogP contribution in [0.5, 0.6) is 11.5 Å². The molecule has 0 radical (unpaired) electrons. The van der Waals surface area contributed by atoms with Crippen LogP contribution in [-0.2, 0) is 12.8 Å². The number of H-pyrrole nitrogens is 1. The highest BCUT2D eigenvalue weighted by Crippen LogP contribution is 2.29. The fourth-order valence-electron chi connectivity index (χ4n) is 3.41. The van der Waals surface area contributed by atoms with Gasteiger partial charge in [0.1, 0.15) is 11.5 Å². The van der Waals surface area contributed by atoms with Crippen molar-refractivity contribution in [2.45, 2.75) is 26.7 Å². The second-order valence-electron chi connectivity index (χ2n) is 6.52. The largest absolute Gasteiger partial charge is 0.496 e. The molecule has 1 amide bonds. The summed E-state index contributed by atoms with van der Waals surface area (Å²) in [5, 5.41) is 4.21. The Morgan fingerprint density at radius 2 is 1.81 bits per heavy atom. The van der Waals surface area contributed by atoms with Crippen LogP contribution in [0.4, 0.5) is 0 Å². The number of rotatable bonds is 7. The quantitative estimate of drug-likeness (QED) is 0.664. The van der Waals surface area contributed by atoms with Gasteiger partial charge in [-0.2, -0.15) is 0 Å². The van der Waals surface area contributed by atoms with E-state index < -0.39 is 0 Å². The third kappa shape index (κ3) is 3.77. The molecule has 2 N–H and O–H groups in total. The Balaban J connectivity index is 1.70. The molecule has 3 aromatic rings. The summed E-state index contributed by atoms with van der Waals surface area (Å²) in [6.45, 7) is 4.61. The molecule has 0 unspecified atom stereocenters. The lowest BCUT2D eigenvalue weighted by atomic mass is 10.1. The summed E-state index contributed by atoms with van der Waals surface area (Å²) in [4.78, 5) is 15.9. The summed E-state index contributed by atoms with van der Waals surface area (Å²) in [6.07, 6.45) is 3.79. The third-order valence-electron chi connectivity index (χ3n) is 4.96. The van der Waals surface area contributed by atoms with Gasteiger partial charge in [-0.1, -0.05) is 25.1 Å². The number of fused-ring (bicyclic) bond motifs is 1. The van der Waals surface area contributed by atoms with Gasteiger partial charge in [-0.3, -0.25) is 4.79 Å². The summed E-state index contributed by atoms with van der Waals surface area (Å²) >= 11 is 0. The van der Waals surface area contributed by atoms with E-state index in [9.17, 15) is 4.79 Å². The highest BCUT2D eigenvalue weighted by molar-refractivity contribution is 5.95. The fraction of sp³-hybridized carbons (Fsp3) is 0.318. The smallest absolute Gasteiger partial charge is 0.251 e. The normalized spacial score (nSPS) is 10.8. The molecule has 5 nitrogen and oxygen atoms in total. The van der Waals surface area contributed by atoms with Crippen molar-refractivity contribution in [1.29, 1.82) is 0 Å². The summed E-state index contributed by atoms with van der Waals surface area (Å²) in [6, 6.07) is 9.83. The van der Waals surface area contributed by atoms with E-state index in [-0.39, 0.29) is 5.91 Å². The van der Waals surface area contributed by atoms with E-state index in [4.69, 9.17) is 9.47 Å². The minimum atomic E-state index is -0.138. The van der Waals surface area contributed by atoms with E-state index in [1.807, 2.05) is 13.1 Å². The van der Waals surface area contributed by atoms with Crippen molar-refractivity contribution in [2.75, 3.05) is 20.8 Å². The van der Waals surface area contributed by atoms with Crippen LogP contribution in [0.15, 0.2) is 36.5 Å². The van der Waals surface area contributed by atoms with Crippen molar-refractivity contribution in [3.63, 3.8) is 0 Å². The Labute approximate surface area is 159 Å². The first-order chi connectivity index (χ1) is 13.1. The van der Waals surface area contributed by atoms with Gasteiger partial charge < -0.3 is 19.8 Å². The van der Waals surface area contributed by atoms with Crippen LogP contribution < -0.4 is 14.8 Å². The number of methoxy groups -OCH3 is 2. The lowest BCUT2D eigenvalue weighted by Gasteiger charge is -2.12. The van der Waals surface area contributed by atoms with Crippen LogP contribution >= 0.6 is 0 Å². The zero-order valence-electron chi connectivity index (χ0n) is 16.3. The zero-order chi connectivity index (χ0) is 19.4. The van der Waals surface area contributed by atoms with Crippen molar-refractivity contribution in [3.05, 3.63) is 58.8 Å². The lowest BCUT2D eigenvalue weighted by molar-refractivity contribution is 0.0953. The van der Waals surface area contributed by atoms with Gasteiger partial charge in [-0.05, 0) is 43.0 Å². The Morgan fingerprint density at radius 1 is 1.11 bits per heavy atom. The summed E-state index contributed by atoms with van der Waals surface area (Å²) < 4.78 is 10.7. The molecule has 5 heteroatoms.